The smallest absolute Gasteiger partial charge is 0.337 e. The topological polar surface area (TPSA) is 35.5 Å². The van der Waals surface area contributed by atoms with E-state index in [0.717, 1.165) is 11.1 Å². The van der Waals surface area contributed by atoms with E-state index >= 15 is 0 Å². The Morgan fingerprint density at radius 1 is 1.36 bits per heavy atom. The molecule has 0 saturated carbocycles. The number of benzene rings is 1. The van der Waals surface area contributed by atoms with Crippen LogP contribution >= 0.6 is 0 Å². The summed E-state index contributed by atoms with van der Waals surface area (Å²) in [5.41, 5.74) is 2.69. The summed E-state index contributed by atoms with van der Waals surface area (Å²) >= 11 is 0. The Morgan fingerprint density at radius 3 is 2.57 bits per heavy atom. The van der Waals surface area contributed by atoms with Gasteiger partial charge in [0.1, 0.15) is 0 Å². The molecule has 14 heavy (non-hydrogen) atoms. The van der Waals surface area contributed by atoms with Crippen molar-refractivity contribution in [1.82, 2.24) is 0 Å². The lowest BCUT2D eigenvalue weighted by atomic mass is 10.1. The zero-order chi connectivity index (χ0) is 10.6. The second kappa shape index (κ2) is 4.77. The molecule has 1 rings (SSSR count). The third-order valence-electron chi connectivity index (χ3n) is 2.06. The van der Waals surface area contributed by atoms with Crippen molar-refractivity contribution in [3.05, 3.63) is 34.9 Å². The fraction of sp³-hybridized carbons (Fsp3) is 0.364. The minimum atomic E-state index is -0.308. The van der Waals surface area contributed by atoms with Crippen molar-refractivity contribution in [2.24, 2.45) is 0 Å². The molecule has 1 aromatic carbocycles. The monoisotopic (exact) mass is 194 g/mol. The number of methoxy groups -OCH3 is 2. The lowest BCUT2D eigenvalue weighted by Gasteiger charge is -2.06. The minimum absolute atomic E-state index is 0.308. The van der Waals surface area contributed by atoms with Crippen LogP contribution in [-0.4, -0.2) is 20.2 Å². The largest absolute Gasteiger partial charge is 0.465 e. The molecule has 0 heterocycles. The van der Waals surface area contributed by atoms with Crippen LogP contribution in [0.1, 0.15) is 21.5 Å². The minimum Gasteiger partial charge on any atom is -0.465 e. The van der Waals surface area contributed by atoms with Crippen LogP contribution in [0.2, 0.25) is 0 Å². The summed E-state index contributed by atoms with van der Waals surface area (Å²) in [5, 5.41) is 0. The molecule has 0 aliphatic rings. The zero-order valence-corrected chi connectivity index (χ0v) is 8.66. The molecule has 0 bridgehead atoms. The summed E-state index contributed by atoms with van der Waals surface area (Å²) in [6, 6.07) is 5.43. The number of hydrogen-bond donors (Lipinski definition) is 0. The Labute approximate surface area is 83.6 Å². The molecule has 0 spiro atoms. The highest BCUT2D eigenvalue weighted by molar-refractivity contribution is 5.89. The van der Waals surface area contributed by atoms with Crippen LogP contribution in [0.4, 0.5) is 0 Å². The van der Waals surface area contributed by atoms with E-state index in [1.807, 2.05) is 13.0 Å². The Hall–Kier alpha value is -1.35. The molecule has 0 aromatic heterocycles. The van der Waals surface area contributed by atoms with Crippen molar-refractivity contribution in [2.45, 2.75) is 13.5 Å². The summed E-state index contributed by atoms with van der Waals surface area (Å²) in [5.74, 6) is -0.308. The number of ether oxygens (including phenoxy) is 2. The predicted octanol–water partition coefficient (Wildman–Crippen LogP) is 1.93. The number of hydrogen-bond acceptors (Lipinski definition) is 3. The van der Waals surface area contributed by atoms with Gasteiger partial charge in [0.05, 0.1) is 19.3 Å². The van der Waals surface area contributed by atoms with Crippen LogP contribution in [-0.2, 0) is 16.1 Å². The van der Waals surface area contributed by atoms with Crippen molar-refractivity contribution in [3.8, 4) is 0 Å². The number of carbonyl (C=O) groups excluding carboxylic acids is 1. The van der Waals surface area contributed by atoms with Gasteiger partial charge in [0.2, 0.25) is 0 Å². The quantitative estimate of drug-likeness (QED) is 0.690. The Morgan fingerprint density at radius 2 is 2.07 bits per heavy atom. The zero-order valence-electron chi connectivity index (χ0n) is 8.66. The lowest BCUT2D eigenvalue weighted by molar-refractivity contribution is 0.0600. The molecule has 0 fully saturated rings. The van der Waals surface area contributed by atoms with Crippen molar-refractivity contribution >= 4 is 5.97 Å². The van der Waals surface area contributed by atoms with Gasteiger partial charge in [-0.05, 0) is 30.2 Å². The third-order valence-corrected chi connectivity index (χ3v) is 2.06. The van der Waals surface area contributed by atoms with Crippen LogP contribution < -0.4 is 0 Å². The van der Waals surface area contributed by atoms with Crippen LogP contribution in [0.15, 0.2) is 18.2 Å². The van der Waals surface area contributed by atoms with E-state index in [1.54, 1.807) is 19.2 Å². The van der Waals surface area contributed by atoms with Gasteiger partial charge in [-0.1, -0.05) is 6.07 Å². The van der Waals surface area contributed by atoms with Crippen LogP contribution in [0.5, 0.6) is 0 Å². The predicted molar refractivity (Wildman–Crippen MR) is 53.2 cm³/mol. The van der Waals surface area contributed by atoms with Crippen molar-refractivity contribution in [2.75, 3.05) is 14.2 Å². The summed E-state index contributed by atoms with van der Waals surface area (Å²) in [6.07, 6.45) is 0. The second-order valence-corrected chi connectivity index (χ2v) is 3.07. The highest BCUT2D eigenvalue weighted by atomic mass is 16.5. The summed E-state index contributed by atoms with van der Waals surface area (Å²) in [7, 11) is 3.02. The number of rotatable bonds is 3. The molecule has 0 radical (unpaired) electrons. The van der Waals surface area contributed by atoms with Gasteiger partial charge in [0.25, 0.3) is 0 Å². The molecule has 76 valence electrons. The third kappa shape index (κ3) is 2.33. The fourth-order valence-electron chi connectivity index (χ4n) is 1.26. The van der Waals surface area contributed by atoms with Gasteiger partial charge in [-0.3, -0.25) is 0 Å². The highest BCUT2D eigenvalue weighted by Crippen LogP contribution is 2.12. The van der Waals surface area contributed by atoms with E-state index in [1.165, 1.54) is 7.11 Å². The maximum atomic E-state index is 11.2. The van der Waals surface area contributed by atoms with Gasteiger partial charge in [-0.25, -0.2) is 4.79 Å². The van der Waals surface area contributed by atoms with Crippen LogP contribution in [0.3, 0.4) is 0 Å². The number of carbonyl (C=O) groups is 1. The van der Waals surface area contributed by atoms with E-state index in [-0.39, 0.29) is 5.97 Å². The Balaban J connectivity index is 2.94. The van der Waals surface area contributed by atoms with Crippen molar-refractivity contribution in [1.29, 1.82) is 0 Å². The van der Waals surface area contributed by atoms with Gasteiger partial charge >= 0.3 is 5.97 Å². The summed E-state index contributed by atoms with van der Waals surface area (Å²) in [6.45, 7) is 2.51. The summed E-state index contributed by atoms with van der Waals surface area (Å²) in [4.78, 5) is 11.2. The van der Waals surface area contributed by atoms with Gasteiger partial charge in [-0.2, -0.15) is 0 Å². The van der Waals surface area contributed by atoms with Gasteiger partial charge in [-0.15, -0.1) is 0 Å². The highest BCUT2D eigenvalue weighted by Gasteiger charge is 2.06. The van der Waals surface area contributed by atoms with E-state index in [4.69, 9.17) is 4.74 Å². The van der Waals surface area contributed by atoms with E-state index in [0.29, 0.717) is 12.2 Å². The Kier molecular flexibility index (Phi) is 3.65. The van der Waals surface area contributed by atoms with Gasteiger partial charge in [0, 0.05) is 7.11 Å². The first-order chi connectivity index (χ1) is 6.69. The van der Waals surface area contributed by atoms with Gasteiger partial charge < -0.3 is 9.47 Å². The average Bonchev–Trinajstić information content (AvgIpc) is 2.20. The summed E-state index contributed by atoms with van der Waals surface area (Å²) < 4.78 is 9.64. The molecule has 3 heteroatoms. The molecule has 0 N–H and O–H groups in total. The fourth-order valence-corrected chi connectivity index (χ4v) is 1.26. The first-order valence-electron chi connectivity index (χ1n) is 4.36. The first kappa shape index (κ1) is 10.7. The van der Waals surface area contributed by atoms with Crippen molar-refractivity contribution < 1.29 is 14.3 Å². The molecule has 0 aliphatic carbocycles. The van der Waals surface area contributed by atoms with E-state index in [9.17, 15) is 4.79 Å². The molecule has 0 aliphatic heterocycles. The standard InChI is InChI=1S/C11H14O3/c1-8-6-9(11(12)14-3)4-5-10(8)7-13-2/h4-6H,7H2,1-3H3. The van der Waals surface area contributed by atoms with E-state index in [2.05, 4.69) is 4.74 Å². The molecular formula is C11H14O3. The van der Waals surface area contributed by atoms with E-state index < -0.39 is 0 Å². The maximum absolute atomic E-state index is 11.2. The first-order valence-corrected chi connectivity index (χ1v) is 4.36. The molecule has 1 aromatic rings. The molecule has 0 amide bonds. The van der Waals surface area contributed by atoms with Crippen molar-refractivity contribution in [3.63, 3.8) is 0 Å². The number of esters is 1. The number of aryl methyl sites for hydroxylation is 1. The lowest BCUT2D eigenvalue weighted by Crippen LogP contribution is -2.02. The SMILES string of the molecule is COCc1ccc(C(=O)OC)cc1C. The molecule has 3 nitrogen and oxygen atoms in total. The van der Waals surface area contributed by atoms with Crippen LogP contribution in [0.25, 0.3) is 0 Å². The maximum Gasteiger partial charge on any atom is 0.337 e. The molecule has 0 atom stereocenters. The average molecular weight is 194 g/mol. The molecule has 0 saturated heterocycles. The molecule has 0 unspecified atom stereocenters. The van der Waals surface area contributed by atoms with Gasteiger partial charge in [0.15, 0.2) is 0 Å². The normalized spacial score (nSPS) is 9.93. The Bertz CT molecular complexity index is 331. The van der Waals surface area contributed by atoms with Crippen LogP contribution in [0, 0.1) is 6.92 Å². The second-order valence-electron chi connectivity index (χ2n) is 3.07. The molecular weight excluding hydrogens is 180 g/mol.